The van der Waals surface area contributed by atoms with E-state index in [-0.39, 0.29) is 11.6 Å². The topological polar surface area (TPSA) is 100 Å². The molecule has 0 atom stereocenters. The first-order valence-electron chi connectivity index (χ1n) is 12.0. The highest BCUT2D eigenvalue weighted by Gasteiger charge is 2.36. The first-order valence-corrected chi connectivity index (χ1v) is 14.9. The van der Waals surface area contributed by atoms with Gasteiger partial charge in [0.05, 0.1) is 99.6 Å². The normalized spacial score (nSPS) is 12.3. The monoisotopic (exact) mass is 512 g/mol. The lowest BCUT2D eigenvalue weighted by atomic mass is 10.2. The van der Waals surface area contributed by atoms with E-state index in [0.717, 1.165) is 0 Å². The summed E-state index contributed by atoms with van der Waals surface area (Å²) in [5.41, 5.74) is 0. The molecule has 0 fully saturated rings. The summed E-state index contributed by atoms with van der Waals surface area (Å²) in [6.07, 6.45) is 0. The van der Waals surface area contributed by atoms with Gasteiger partial charge in [-0.25, -0.2) is 4.79 Å². The molecule has 0 aromatic carbocycles. The van der Waals surface area contributed by atoms with E-state index in [1.165, 1.54) is 7.11 Å². The Morgan fingerprint density at radius 1 is 0.559 bits per heavy atom. The fourth-order valence-corrected chi connectivity index (χ4v) is 3.13. The summed E-state index contributed by atoms with van der Waals surface area (Å²) in [5.74, 6) is -0.401. The van der Waals surface area contributed by atoms with E-state index in [4.69, 9.17) is 37.6 Å². The number of carbonyl (C=O) groups is 1. The largest absolute Gasteiger partial charge is 0.467 e. The van der Waals surface area contributed by atoms with Gasteiger partial charge in [0.2, 0.25) is 0 Å². The van der Waals surface area contributed by atoms with Gasteiger partial charge < -0.3 is 42.3 Å². The van der Waals surface area contributed by atoms with Crippen LogP contribution in [0.1, 0.15) is 20.8 Å². The minimum absolute atomic E-state index is 0.0620. The van der Waals surface area contributed by atoms with E-state index in [1.807, 2.05) is 0 Å². The molecule has 0 aliphatic carbocycles. The average Bonchev–Trinajstić information content (AvgIpc) is 2.78. The van der Waals surface area contributed by atoms with Crippen LogP contribution in [0.3, 0.4) is 0 Å². The van der Waals surface area contributed by atoms with E-state index < -0.39 is 14.3 Å². The van der Waals surface area contributed by atoms with Crippen molar-refractivity contribution < 1.29 is 47.1 Å². The van der Waals surface area contributed by atoms with Gasteiger partial charge in [0, 0.05) is 0 Å². The van der Waals surface area contributed by atoms with Crippen LogP contribution in [0, 0.1) is 0 Å². The molecule has 0 aliphatic rings. The van der Waals surface area contributed by atoms with Gasteiger partial charge in [-0.3, -0.25) is 0 Å². The molecule has 0 unspecified atom stereocenters. The standard InChI is InChI=1S/C23H48O10Si/c1-23(2,3)34(5,6)33-20-19-31-16-15-29-12-11-27-8-7-26-9-10-28-13-14-30-17-18-32-21-22(24)25-4/h7-21H2,1-6H3. The van der Waals surface area contributed by atoms with Crippen LogP contribution in [0.25, 0.3) is 0 Å². The lowest BCUT2D eigenvalue weighted by Crippen LogP contribution is -2.41. The number of carbonyl (C=O) groups excluding carboxylic acids is 1. The highest BCUT2D eigenvalue weighted by Crippen LogP contribution is 2.36. The highest BCUT2D eigenvalue weighted by atomic mass is 28.4. The van der Waals surface area contributed by atoms with Gasteiger partial charge in [-0.2, -0.15) is 0 Å². The van der Waals surface area contributed by atoms with Gasteiger partial charge >= 0.3 is 5.97 Å². The third kappa shape index (κ3) is 20.7. The molecule has 0 spiro atoms. The van der Waals surface area contributed by atoms with Crippen molar-refractivity contribution in [1.82, 2.24) is 0 Å². The van der Waals surface area contributed by atoms with Gasteiger partial charge in [-0.1, -0.05) is 20.8 Å². The summed E-state index contributed by atoms with van der Waals surface area (Å²) in [4.78, 5) is 10.8. The van der Waals surface area contributed by atoms with Gasteiger partial charge in [0.1, 0.15) is 6.61 Å². The minimum atomic E-state index is -1.69. The molecule has 0 heterocycles. The third-order valence-corrected chi connectivity index (χ3v) is 9.71. The molecule has 0 radical (unpaired) electrons. The van der Waals surface area contributed by atoms with Crippen LogP contribution in [-0.2, 0) is 47.1 Å². The van der Waals surface area contributed by atoms with Crippen LogP contribution in [0.2, 0.25) is 18.1 Å². The molecule has 0 aromatic rings. The van der Waals surface area contributed by atoms with Crippen LogP contribution in [-0.4, -0.2) is 120 Å². The summed E-state index contributed by atoms with van der Waals surface area (Å²) in [6, 6.07) is 0. The zero-order valence-corrected chi connectivity index (χ0v) is 23.2. The molecule has 0 saturated heterocycles. The predicted molar refractivity (Wildman–Crippen MR) is 131 cm³/mol. The Bertz CT molecular complexity index is 471. The molecule has 10 nitrogen and oxygen atoms in total. The summed E-state index contributed by atoms with van der Waals surface area (Å²) >= 11 is 0. The van der Waals surface area contributed by atoms with Crippen LogP contribution >= 0.6 is 0 Å². The molecule has 0 rings (SSSR count). The SMILES string of the molecule is COC(=O)COCCOCCOCCOCCOCCOCCOCCO[Si](C)(C)C(C)(C)C. The smallest absolute Gasteiger partial charge is 0.331 e. The average molecular weight is 513 g/mol. The maximum absolute atomic E-state index is 10.8. The van der Waals surface area contributed by atoms with Crippen molar-refractivity contribution in [1.29, 1.82) is 0 Å². The Balaban J connectivity index is 3.17. The van der Waals surface area contributed by atoms with Crippen molar-refractivity contribution in [2.45, 2.75) is 38.9 Å². The van der Waals surface area contributed by atoms with E-state index in [9.17, 15) is 4.79 Å². The van der Waals surface area contributed by atoms with Gasteiger partial charge in [-0.15, -0.1) is 0 Å². The van der Waals surface area contributed by atoms with E-state index in [2.05, 4.69) is 38.6 Å². The number of ether oxygens (including phenoxy) is 8. The van der Waals surface area contributed by atoms with E-state index in [0.29, 0.717) is 92.5 Å². The van der Waals surface area contributed by atoms with Crippen molar-refractivity contribution in [3.8, 4) is 0 Å². The van der Waals surface area contributed by atoms with Crippen molar-refractivity contribution in [3.63, 3.8) is 0 Å². The molecule has 11 heteroatoms. The van der Waals surface area contributed by atoms with Crippen LogP contribution in [0.15, 0.2) is 0 Å². The molecule has 0 bridgehead atoms. The van der Waals surface area contributed by atoms with Crippen LogP contribution in [0.4, 0.5) is 0 Å². The fraction of sp³-hybridized carbons (Fsp3) is 0.957. The Labute approximate surface area is 206 Å². The number of hydrogen-bond acceptors (Lipinski definition) is 10. The molecule has 0 amide bonds. The summed E-state index contributed by atoms with van der Waals surface area (Å²) in [6.45, 7) is 18.2. The maximum Gasteiger partial charge on any atom is 0.331 e. The summed E-state index contributed by atoms with van der Waals surface area (Å²) < 4.78 is 48.2. The lowest BCUT2D eigenvalue weighted by molar-refractivity contribution is -0.146. The molecule has 34 heavy (non-hydrogen) atoms. The van der Waals surface area contributed by atoms with Crippen molar-refractivity contribution in [3.05, 3.63) is 0 Å². The zero-order valence-electron chi connectivity index (χ0n) is 22.2. The summed E-state index contributed by atoms with van der Waals surface area (Å²) in [5, 5.41) is 0.219. The third-order valence-electron chi connectivity index (χ3n) is 5.18. The molecule has 0 aromatic heterocycles. The van der Waals surface area contributed by atoms with Gasteiger partial charge in [-0.05, 0) is 18.1 Å². The Kier molecular flexibility index (Phi) is 21.2. The molecular weight excluding hydrogens is 464 g/mol. The second kappa shape index (κ2) is 21.6. The summed E-state index contributed by atoms with van der Waals surface area (Å²) in [7, 11) is -0.371. The molecule has 0 aliphatic heterocycles. The van der Waals surface area contributed by atoms with Crippen molar-refractivity contribution >= 4 is 14.3 Å². The van der Waals surface area contributed by atoms with Crippen molar-refractivity contribution in [2.24, 2.45) is 0 Å². The Hall–Kier alpha value is -0.633. The highest BCUT2D eigenvalue weighted by molar-refractivity contribution is 6.74. The second-order valence-electron chi connectivity index (χ2n) is 8.91. The Morgan fingerprint density at radius 3 is 1.15 bits per heavy atom. The van der Waals surface area contributed by atoms with Gasteiger partial charge in [0.25, 0.3) is 0 Å². The number of rotatable bonds is 24. The second-order valence-corrected chi connectivity index (χ2v) is 13.7. The predicted octanol–water partition coefficient (Wildman–Crippen LogP) is 2.30. The van der Waals surface area contributed by atoms with E-state index in [1.54, 1.807) is 0 Å². The van der Waals surface area contributed by atoms with Crippen LogP contribution < -0.4 is 0 Å². The molecule has 204 valence electrons. The minimum Gasteiger partial charge on any atom is -0.467 e. The first kappa shape index (κ1) is 33.4. The maximum atomic E-state index is 10.8. The van der Waals surface area contributed by atoms with E-state index >= 15 is 0 Å². The first-order chi connectivity index (χ1) is 16.2. The number of hydrogen-bond donors (Lipinski definition) is 0. The Morgan fingerprint density at radius 2 is 0.853 bits per heavy atom. The molecular formula is C23H48O10Si. The molecule has 0 saturated carbocycles. The van der Waals surface area contributed by atoms with Crippen molar-refractivity contribution in [2.75, 3.05) is 106 Å². The number of esters is 1. The van der Waals surface area contributed by atoms with Gasteiger partial charge in [0.15, 0.2) is 8.32 Å². The van der Waals surface area contributed by atoms with Crippen LogP contribution in [0.5, 0.6) is 0 Å². The zero-order chi connectivity index (χ0) is 25.5. The molecule has 0 N–H and O–H groups in total. The quantitative estimate of drug-likeness (QED) is 0.109. The lowest BCUT2D eigenvalue weighted by Gasteiger charge is -2.36. The fourth-order valence-electron chi connectivity index (χ4n) is 2.11. The number of methoxy groups -OCH3 is 1.